The third kappa shape index (κ3) is 2.60. The molecule has 0 radical (unpaired) electrons. The summed E-state index contributed by atoms with van der Waals surface area (Å²) in [6.07, 6.45) is 5.53. The Morgan fingerprint density at radius 2 is 2.12 bits per heavy atom. The summed E-state index contributed by atoms with van der Waals surface area (Å²) in [4.78, 5) is 2.63. The van der Waals surface area contributed by atoms with Gasteiger partial charge in [0.05, 0.1) is 11.2 Å². The smallest absolute Gasteiger partial charge is 0.0716 e. The van der Waals surface area contributed by atoms with Gasteiger partial charge in [-0.1, -0.05) is 43.1 Å². The van der Waals surface area contributed by atoms with Crippen molar-refractivity contribution in [2.45, 2.75) is 26.2 Å². The van der Waals surface area contributed by atoms with Crippen molar-refractivity contribution in [2.24, 2.45) is 5.11 Å². The first-order valence-corrected chi connectivity index (χ1v) is 5.99. The zero-order valence-corrected chi connectivity index (χ0v) is 10.0. The van der Waals surface area contributed by atoms with Gasteiger partial charge in [0.15, 0.2) is 0 Å². The molecule has 0 atom stereocenters. The van der Waals surface area contributed by atoms with Crippen LogP contribution in [0.25, 0.3) is 27.0 Å². The van der Waals surface area contributed by atoms with E-state index in [0.717, 1.165) is 6.42 Å². The van der Waals surface area contributed by atoms with Crippen LogP contribution in [-0.2, 0) is 0 Å². The molecule has 3 rings (SSSR count). The topological polar surface area (TPSA) is 53.7 Å². The van der Waals surface area contributed by atoms with Crippen molar-refractivity contribution in [3.63, 3.8) is 0 Å². The van der Waals surface area contributed by atoms with Gasteiger partial charge in [0.25, 0.3) is 0 Å². The third-order valence-corrected chi connectivity index (χ3v) is 2.81. The highest BCUT2D eigenvalue weighted by Crippen LogP contribution is 2.37. The average molecular weight is 228 g/mol. The van der Waals surface area contributed by atoms with E-state index < -0.39 is 0 Å². The SMILES string of the molecule is CCCCCN=[N+]=[N-].c1ccc2c(c1)c1cn2-1. The van der Waals surface area contributed by atoms with Gasteiger partial charge in [-0.15, -0.1) is 0 Å². The molecule has 0 aliphatic carbocycles. The van der Waals surface area contributed by atoms with Crippen LogP contribution in [0.15, 0.2) is 35.6 Å². The molecule has 0 unspecified atom stereocenters. The Bertz CT molecular complexity index is 514. The minimum atomic E-state index is 0.657. The van der Waals surface area contributed by atoms with Crippen LogP contribution in [0.2, 0.25) is 0 Å². The number of unbranched alkanes of at least 4 members (excludes halogenated alkanes) is 2. The number of nitrogens with zero attached hydrogens (tertiary/aromatic N) is 4. The summed E-state index contributed by atoms with van der Waals surface area (Å²) in [5.41, 5.74) is 10.6. The molecule has 0 bridgehead atoms. The molecule has 2 heterocycles. The van der Waals surface area contributed by atoms with E-state index in [-0.39, 0.29) is 0 Å². The van der Waals surface area contributed by atoms with Crippen molar-refractivity contribution >= 4 is 10.9 Å². The quantitative estimate of drug-likeness (QED) is 0.274. The van der Waals surface area contributed by atoms with Crippen molar-refractivity contribution in [3.05, 3.63) is 40.9 Å². The van der Waals surface area contributed by atoms with Gasteiger partial charge in [0.2, 0.25) is 0 Å². The first-order valence-electron chi connectivity index (χ1n) is 5.99. The van der Waals surface area contributed by atoms with E-state index in [1.807, 2.05) is 0 Å². The van der Waals surface area contributed by atoms with Gasteiger partial charge in [-0.3, -0.25) is 0 Å². The minimum Gasteiger partial charge on any atom is -0.312 e. The fourth-order valence-electron chi connectivity index (χ4n) is 1.82. The maximum absolute atomic E-state index is 7.82. The van der Waals surface area contributed by atoms with Crippen molar-refractivity contribution in [2.75, 3.05) is 6.54 Å². The number of azide groups is 1. The lowest BCUT2D eigenvalue weighted by molar-refractivity contribution is 0.725. The Kier molecular flexibility index (Phi) is 3.68. The summed E-state index contributed by atoms with van der Waals surface area (Å²) in [5.74, 6) is 0. The number of fused-ring (bicyclic) bond motifs is 4. The van der Waals surface area contributed by atoms with E-state index >= 15 is 0 Å². The Labute approximate surface area is 100 Å². The highest BCUT2D eigenvalue weighted by atomic mass is 15.1. The molecular formula is C13H16N4. The van der Waals surface area contributed by atoms with E-state index in [9.17, 15) is 0 Å². The van der Waals surface area contributed by atoms with Crippen molar-refractivity contribution in [1.29, 1.82) is 0 Å². The molecule has 4 nitrogen and oxygen atoms in total. The lowest BCUT2D eigenvalue weighted by Crippen LogP contribution is -1.84. The fourth-order valence-corrected chi connectivity index (χ4v) is 1.82. The summed E-state index contributed by atoms with van der Waals surface area (Å²) >= 11 is 0. The molecule has 4 heteroatoms. The number of aromatic nitrogens is 1. The van der Waals surface area contributed by atoms with Crippen LogP contribution in [0, 0.1) is 0 Å². The first-order chi connectivity index (χ1) is 8.38. The molecule has 1 aromatic carbocycles. The van der Waals surface area contributed by atoms with Gasteiger partial charge in [0, 0.05) is 23.0 Å². The van der Waals surface area contributed by atoms with Crippen molar-refractivity contribution < 1.29 is 0 Å². The molecule has 0 amide bonds. The molecule has 2 aliphatic heterocycles. The van der Waals surface area contributed by atoms with Crippen LogP contribution < -0.4 is 0 Å². The highest BCUT2D eigenvalue weighted by molar-refractivity contribution is 6.00. The van der Waals surface area contributed by atoms with E-state index in [1.54, 1.807) is 0 Å². The van der Waals surface area contributed by atoms with Gasteiger partial charge in [-0.05, 0) is 18.0 Å². The lowest BCUT2D eigenvalue weighted by Gasteiger charge is -2.02. The summed E-state index contributed by atoms with van der Waals surface area (Å²) in [7, 11) is 0. The Balaban J connectivity index is 0.000000129. The van der Waals surface area contributed by atoms with Gasteiger partial charge < -0.3 is 4.57 Å². The van der Waals surface area contributed by atoms with Crippen LogP contribution in [0.1, 0.15) is 26.2 Å². The molecule has 0 N–H and O–H groups in total. The third-order valence-electron chi connectivity index (χ3n) is 2.81. The van der Waals surface area contributed by atoms with E-state index in [1.165, 1.54) is 29.4 Å². The molecular weight excluding hydrogens is 212 g/mol. The van der Waals surface area contributed by atoms with Gasteiger partial charge in [0.1, 0.15) is 0 Å². The van der Waals surface area contributed by atoms with E-state index in [0.29, 0.717) is 6.54 Å². The maximum atomic E-state index is 7.82. The second kappa shape index (κ2) is 5.41. The van der Waals surface area contributed by atoms with Gasteiger partial charge in [-0.25, -0.2) is 0 Å². The summed E-state index contributed by atoms with van der Waals surface area (Å²) < 4.78 is 2.20. The van der Waals surface area contributed by atoms with Crippen molar-refractivity contribution in [1.82, 2.24) is 4.57 Å². The molecule has 17 heavy (non-hydrogen) atoms. The van der Waals surface area contributed by atoms with Crippen molar-refractivity contribution in [3.8, 4) is 5.69 Å². The molecule has 0 saturated heterocycles. The predicted octanol–water partition coefficient (Wildman–Crippen LogP) is 4.43. The predicted molar refractivity (Wildman–Crippen MR) is 70.4 cm³/mol. The summed E-state index contributed by atoms with van der Waals surface area (Å²) in [6, 6.07) is 8.45. The molecule has 1 aromatic rings. The molecule has 0 fully saturated rings. The second-order valence-corrected chi connectivity index (χ2v) is 4.06. The molecule has 2 aliphatic rings. The van der Waals surface area contributed by atoms with Crippen LogP contribution >= 0.6 is 0 Å². The van der Waals surface area contributed by atoms with Crippen LogP contribution in [0.4, 0.5) is 0 Å². The molecule has 0 spiro atoms. The highest BCUT2D eigenvalue weighted by Gasteiger charge is 2.20. The van der Waals surface area contributed by atoms with Gasteiger partial charge >= 0.3 is 0 Å². The zero-order chi connectivity index (χ0) is 12.1. The molecule has 88 valence electrons. The monoisotopic (exact) mass is 228 g/mol. The number of benzene rings is 1. The maximum Gasteiger partial charge on any atom is 0.0716 e. The Morgan fingerprint density at radius 3 is 2.82 bits per heavy atom. The zero-order valence-electron chi connectivity index (χ0n) is 10.0. The largest absolute Gasteiger partial charge is 0.312 e. The number of rotatable bonds is 4. The first kappa shape index (κ1) is 11.6. The van der Waals surface area contributed by atoms with E-state index in [4.69, 9.17) is 5.53 Å². The second-order valence-electron chi connectivity index (χ2n) is 4.06. The average Bonchev–Trinajstić information content (AvgIpc) is 3.08. The fraction of sp³-hybridized carbons (Fsp3) is 0.385. The lowest BCUT2D eigenvalue weighted by atomic mass is 10.2. The Morgan fingerprint density at radius 1 is 1.29 bits per heavy atom. The standard InChI is InChI=1S/C8H5N.C5H11N3/c1-2-4-7-6(3-1)8-5-9(7)8;1-2-3-4-5-7-8-6/h1-5H;2-5H2,1H3. The number of para-hydroxylation sites is 1. The minimum absolute atomic E-state index is 0.657. The van der Waals surface area contributed by atoms with E-state index in [2.05, 4.69) is 52.0 Å². The number of hydrogen-bond acceptors (Lipinski definition) is 1. The van der Waals surface area contributed by atoms with Crippen LogP contribution in [0.3, 0.4) is 0 Å². The van der Waals surface area contributed by atoms with Gasteiger partial charge in [-0.2, -0.15) is 0 Å². The number of hydrogen-bond donors (Lipinski definition) is 0. The Hall–Kier alpha value is -1.93. The molecule has 0 aromatic heterocycles. The molecule has 0 saturated carbocycles. The summed E-state index contributed by atoms with van der Waals surface area (Å²) in [5, 5.41) is 4.80. The van der Waals surface area contributed by atoms with Crippen LogP contribution in [0.5, 0.6) is 0 Å². The summed E-state index contributed by atoms with van der Waals surface area (Å²) in [6.45, 7) is 2.78. The normalized spacial score (nSPS) is 10.4. The van der Waals surface area contributed by atoms with Crippen LogP contribution in [-0.4, -0.2) is 11.1 Å².